The topological polar surface area (TPSA) is 64.3 Å². The second-order valence-electron chi connectivity index (χ2n) is 3.74. The van der Waals surface area contributed by atoms with Crippen LogP contribution >= 0.6 is 0 Å². The van der Waals surface area contributed by atoms with Gasteiger partial charge in [0.2, 0.25) is 5.91 Å². The van der Waals surface area contributed by atoms with Gasteiger partial charge in [0, 0.05) is 19.8 Å². The van der Waals surface area contributed by atoms with Gasteiger partial charge in [-0.3, -0.25) is 4.79 Å². The van der Waals surface area contributed by atoms with E-state index in [0.717, 1.165) is 0 Å². The number of primary amides is 1. The first kappa shape index (κ1) is 12.4. The van der Waals surface area contributed by atoms with Crippen LogP contribution in [0.5, 0.6) is 0 Å². The van der Waals surface area contributed by atoms with E-state index in [1.165, 1.54) is 0 Å². The lowest BCUT2D eigenvalue weighted by atomic mass is 9.96. The standard InChI is InChI=1S/C9H20N2O2/c1-7(2)11-9(3,8(10)12)5-6-13-4/h7,11H,5-6H2,1-4H3,(H2,10,12). The molecule has 4 nitrogen and oxygen atoms in total. The summed E-state index contributed by atoms with van der Waals surface area (Å²) in [5, 5.41) is 3.14. The van der Waals surface area contributed by atoms with E-state index >= 15 is 0 Å². The van der Waals surface area contributed by atoms with E-state index in [9.17, 15) is 4.79 Å². The van der Waals surface area contributed by atoms with Gasteiger partial charge in [-0.2, -0.15) is 0 Å². The Morgan fingerprint density at radius 3 is 2.46 bits per heavy atom. The van der Waals surface area contributed by atoms with Crippen LogP contribution in [0, 0.1) is 0 Å². The molecule has 0 aromatic carbocycles. The van der Waals surface area contributed by atoms with Gasteiger partial charge in [-0.25, -0.2) is 0 Å². The van der Waals surface area contributed by atoms with Crippen molar-refractivity contribution in [3.8, 4) is 0 Å². The first-order chi connectivity index (χ1) is 5.92. The van der Waals surface area contributed by atoms with Crippen molar-refractivity contribution in [2.45, 2.75) is 38.8 Å². The fourth-order valence-electron chi connectivity index (χ4n) is 1.21. The maximum absolute atomic E-state index is 11.2. The monoisotopic (exact) mass is 188 g/mol. The maximum Gasteiger partial charge on any atom is 0.237 e. The number of nitrogens with two attached hydrogens (primary N) is 1. The van der Waals surface area contributed by atoms with Gasteiger partial charge in [-0.15, -0.1) is 0 Å². The first-order valence-electron chi connectivity index (χ1n) is 4.49. The lowest BCUT2D eigenvalue weighted by Crippen LogP contribution is -2.56. The van der Waals surface area contributed by atoms with Gasteiger partial charge < -0.3 is 15.8 Å². The van der Waals surface area contributed by atoms with Crippen molar-refractivity contribution in [3.63, 3.8) is 0 Å². The number of rotatable bonds is 6. The van der Waals surface area contributed by atoms with E-state index in [0.29, 0.717) is 13.0 Å². The number of hydrogen-bond donors (Lipinski definition) is 2. The summed E-state index contributed by atoms with van der Waals surface area (Å²) < 4.78 is 4.92. The van der Waals surface area contributed by atoms with Gasteiger partial charge in [-0.1, -0.05) is 0 Å². The second kappa shape index (κ2) is 5.19. The van der Waals surface area contributed by atoms with Crippen LogP contribution in [-0.2, 0) is 9.53 Å². The third-order valence-electron chi connectivity index (χ3n) is 1.96. The van der Waals surface area contributed by atoms with Crippen LogP contribution < -0.4 is 11.1 Å². The Morgan fingerprint density at radius 2 is 2.15 bits per heavy atom. The molecule has 0 fully saturated rings. The highest BCUT2D eigenvalue weighted by Gasteiger charge is 2.30. The molecule has 0 rings (SSSR count). The third kappa shape index (κ3) is 4.24. The van der Waals surface area contributed by atoms with E-state index < -0.39 is 5.54 Å². The molecule has 4 heteroatoms. The zero-order valence-corrected chi connectivity index (χ0v) is 8.89. The molecule has 0 spiro atoms. The molecular weight excluding hydrogens is 168 g/mol. The second-order valence-corrected chi connectivity index (χ2v) is 3.74. The van der Waals surface area contributed by atoms with Crippen LogP contribution in [-0.4, -0.2) is 31.2 Å². The van der Waals surface area contributed by atoms with Crippen molar-refractivity contribution in [2.24, 2.45) is 5.73 Å². The number of amides is 1. The van der Waals surface area contributed by atoms with E-state index in [4.69, 9.17) is 10.5 Å². The molecule has 0 saturated carbocycles. The minimum absolute atomic E-state index is 0.231. The fraction of sp³-hybridized carbons (Fsp3) is 0.889. The Hall–Kier alpha value is -0.610. The molecule has 1 unspecified atom stereocenters. The lowest BCUT2D eigenvalue weighted by molar-refractivity contribution is -0.124. The summed E-state index contributed by atoms with van der Waals surface area (Å²) in [6.07, 6.45) is 0.594. The van der Waals surface area contributed by atoms with Crippen molar-refractivity contribution >= 4 is 5.91 Å². The molecule has 1 amide bonds. The molecule has 0 aromatic heterocycles. The van der Waals surface area contributed by atoms with Crippen LogP contribution in [0.3, 0.4) is 0 Å². The minimum atomic E-state index is -0.663. The molecule has 0 heterocycles. The molecule has 3 N–H and O–H groups in total. The van der Waals surface area contributed by atoms with E-state index in [2.05, 4.69) is 5.32 Å². The summed E-state index contributed by atoms with van der Waals surface area (Å²) in [6, 6.07) is 0.231. The highest BCUT2D eigenvalue weighted by atomic mass is 16.5. The van der Waals surface area contributed by atoms with Gasteiger partial charge in [0.25, 0.3) is 0 Å². The van der Waals surface area contributed by atoms with E-state index in [1.54, 1.807) is 14.0 Å². The van der Waals surface area contributed by atoms with Gasteiger partial charge in [0.1, 0.15) is 0 Å². The van der Waals surface area contributed by atoms with Crippen LogP contribution in [0.15, 0.2) is 0 Å². The molecule has 0 aliphatic rings. The van der Waals surface area contributed by atoms with Crippen molar-refractivity contribution in [1.29, 1.82) is 0 Å². The van der Waals surface area contributed by atoms with Gasteiger partial charge in [-0.05, 0) is 27.2 Å². The zero-order chi connectivity index (χ0) is 10.5. The predicted octanol–water partition coefficient (Wildman–Crippen LogP) is 0.265. The Bertz CT molecular complexity index is 171. The summed E-state index contributed by atoms with van der Waals surface area (Å²) >= 11 is 0. The summed E-state index contributed by atoms with van der Waals surface area (Å²) in [6.45, 7) is 6.29. The Labute approximate surface area is 79.8 Å². The van der Waals surface area contributed by atoms with E-state index in [-0.39, 0.29) is 11.9 Å². The quantitative estimate of drug-likeness (QED) is 0.628. The summed E-state index contributed by atoms with van der Waals surface area (Å²) in [7, 11) is 1.61. The summed E-state index contributed by atoms with van der Waals surface area (Å²) in [5.74, 6) is -0.335. The number of nitrogens with one attached hydrogen (secondary N) is 1. The molecule has 0 aliphatic heterocycles. The van der Waals surface area contributed by atoms with Crippen molar-refractivity contribution in [3.05, 3.63) is 0 Å². The number of carbonyl (C=O) groups is 1. The normalized spacial score (nSPS) is 15.8. The molecule has 0 bridgehead atoms. The van der Waals surface area contributed by atoms with Gasteiger partial charge in [0.05, 0.1) is 5.54 Å². The van der Waals surface area contributed by atoms with Crippen LogP contribution in [0.25, 0.3) is 0 Å². The maximum atomic E-state index is 11.2. The summed E-state index contributed by atoms with van der Waals surface area (Å²) in [4.78, 5) is 11.2. The number of carbonyl (C=O) groups excluding carboxylic acids is 1. The Morgan fingerprint density at radius 1 is 1.62 bits per heavy atom. The molecule has 13 heavy (non-hydrogen) atoms. The number of methoxy groups -OCH3 is 1. The molecule has 0 radical (unpaired) electrons. The van der Waals surface area contributed by atoms with Gasteiger partial charge in [0.15, 0.2) is 0 Å². The average Bonchev–Trinajstić information content (AvgIpc) is 1.99. The highest BCUT2D eigenvalue weighted by Crippen LogP contribution is 2.10. The van der Waals surface area contributed by atoms with E-state index in [1.807, 2.05) is 13.8 Å². The highest BCUT2D eigenvalue weighted by molar-refractivity contribution is 5.84. The average molecular weight is 188 g/mol. The summed E-state index contributed by atoms with van der Waals surface area (Å²) in [5.41, 5.74) is 4.64. The number of hydrogen-bond acceptors (Lipinski definition) is 3. The molecule has 78 valence electrons. The predicted molar refractivity (Wildman–Crippen MR) is 52.4 cm³/mol. The zero-order valence-electron chi connectivity index (χ0n) is 8.89. The van der Waals surface area contributed by atoms with Gasteiger partial charge >= 0.3 is 0 Å². The molecule has 0 aromatic rings. The SMILES string of the molecule is COCCC(C)(NC(C)C)C(N)=O. The number of ether oxygens (including phenoxy) is 1. The largest absolute Gasteiger partial charge is 0.385 e. The van der Waals surface area contributed by atoms with Crippen LogP contribution in [0.2, 0.25) is 0 Å². The van der Waals surface area contributed by atoms with Crippen molar-refractivity contribution in [1.82, 2.24) is 5.32 Å². The van der Waals surface area contributed by atoms with Crippen LogP contribution in [0.1, 0.15) is 27.2 Å². The van der Waals surface area contributed by atoms with Crippen molar-refractivity contribution in [2.75, 3.05) is 13.7 Å². The minimum Gasteiger partial charge on any atom is -0.385 e. The first-order valence-corrected chi connectivity index (χ1v) is 4.49. The molecule has 0 saturated heterocycles. The molecule has 1 atom stereocenters. The Balaban J connectivity index is 4.25. The van der Waals surface area contributed by atoms with Crippen molar-refractivity contribution < 1.29 is 9.53 Å². The smallest absolute Gasteiger partial charge is 0.237 e. The third-order valence-corrected chi connectivity index (χ3v) is 1.96. The van der Waals surface area contributed by atoms with Crippen LogP contribution in [0.4, 0.5) is 0 Å². The molecular formula is C9H20N2O2. The lowest BCUT2D eigenvalue weighted by Gasteiger charge is -2.29. The Kier molecular flexibility index (Phi) is 4.95. The molecule has 0 aliphatic carbocycles. The fourth-order valence-corrected chi connectivity index (χ4v) is 1.21.